The number of sulfone groups is 1. The highest BCUT2D eigenvalue weighted by molar-refractivity contribution is 7.91. The summed E-state index contributed by atoms with van der Waals surface area (Å²) in [6.07, 6.45) is 0.420. The zero-order valence-electron chi connectivity index (χ0n) is 11.3. The molecule has 1 aromatic rings. The first kappa shape index (κ1) is 15.8. The third kappa shape index (κ3) is 3.73. The third-order valence-corrected chi connectivity index (χ3v) is 5.96. The number of hydrogen-bond donors (Lipinski definition) is 1. The van der Waals surface area contributed by atoms with Crippen LogP contribution in [0.4, 0.5) is 0 Å². The van der Waals surface area contributed by atoms with E-state index >= 15 is 0 Å². The van der Waals surface area contributed by atoms with E-state index in [1.165, 1.54) is 18.0 Å². The summed E-state index contributed by atoms with van der Waals surface area (Å²) in [7, 11) is -1.53. The molecule has 1 aromatic heterocycles. The molecule has 1 aliphatic rings. The quantitative estimate of drug-likeness (QED) is 0.840. The molecule has 0 radical (unpaired) electrons. The van der Waals surface area contributed by atoms with E-state index in [9.17, 15) is 18.0 Å². The molecule has 0 spiro atoms. The first-order chi connectivity index (χ1) is 9.80. The van der Waals surface area contributed by atoms with Crippen molar-refractivity contribution in [2.75, 3.05) is 25.2 Å². The fraction of sp³-hybridized carbons (Fsp3) is 0.500. The van der Waals surface area contributed by atoms with Gasteiger partial charge in [-0.15, -0.1) is 11.3 Å². The lowest BCUT2D eigenvalue weighted by atomic mass is 10.2. The average Bonchev–Trinajstić information content (AvgIpc) is 3.01. The van der Waals surface area contributed by atoms with Crippen molar-refractivity contribution in [3.8, 4) is 5.75 Å². The number of hydrogen-bond acceptors (Lipinski definition) is 6. The molecule has 1 saturated heterocycles. The number of carbonyl (C=O) groups excluding carboxylic acids is 1. The van der Waals surface area contributed by atoms with Gasteiger partial charge in [-0.3, -0.25) is 4.79 Å². The Morgan fingerprint density at radius 3 is 2.81 bits per heavy atom. The number of nitrogens with zero attached hydrogens (tertiary/aromatic N) is 1. The van der Waals surface area contributed by atoms with Crippen LogP contribution in [-0.4, -0.2) is 61.5 Å². The molecule has 1 fully saturated rings. The molecule has 1 N–H and O–H groups in total. The molecule has 1 atom stereocenters. The second-order valence-corrected chi connectivity index (χ2v) is 7.91. The van der Waals surface area contributed by atoms with Gasteiger partial charge < -0.3 is 14.7 Å². The van der Waals surface area contributed by atoms with Crippen LogP contribution in [0.2, 0.25) is 0 Å². The number of carboxylic acid groups (broad SMARTS) is 1. The molecule has 1 unspecified atom stereocenters. The van der Waals surface area contributed by atoms with Crippen LogP contribution < -0.4 is 4.74 Å². The Hall–Kier alpha value is -1.61. The van der Waals surface area contributed by atoms with Crippen LogP contribution >= 0.6 is 11.3 Å². The molecule has 9 heteroatoms. The molecule has 116 valence electrons. The van der Waals surface area contributed by atoms with Crippen molar-refractivity contribution < 1.29 is 27.9 Å². The van der Waals surface area contributed by atoms with E-state index in [0.717, 1.165) is 11.3 Å². The topological polar surface area (TPSA) is 101 Å². The van der Waals surface area contributed by atoms with Crippen LogP contribution in [0.5, 0.6) is 5.75 Å². The zero-order chi connectivity index (χ0) is 15.6. The summed E-state index contributed by atoms with van der Waals surface area (Å²) in [5.41, 5.74) is 0. The molecule has 0 bridgehead atoms. The first-order valence-electron chi connectivity index (χ1n) is 6.20. The summed E-state index contributed by atoms with van der Waals surface area (Å²) in [4.78, 5) is 24.3. The van der Waals surface area contributed by atoms with Gasteiger partial charge in [0, 0.05) is 13.1 Å². The van der Waals surface area contributed by atoms with Crippen molar-refractivity contribution in [3.63, 3.8) is 0 Å². The van der Waals surface area contributed by atoms with Gasteiger partial charge in [-0.05, 0) is 17.9 Å². The number of amides is 1. The summed E-state index contributed by atoms with van der Waals surface area (Å²) in [5.74, 6) is -1.28. The van der Waals surface area contributed by atoms with Crippen LogP contribution in [0.25, 0.3) is 0 Å². The maximum atomic E-state index is 12.0. The summed E-state index contributed by atoms with van der Waals surface area (Å²) < 4.78 is 28.0. The Morgan fingerprint density at radius 2 is 2.24 bits per heavy atom. The first-order valence-corrected chi connectivity index (χ1v) is 8.90. The average molecular weight is 333 g/mol. The number of thiophene rings is 1. The Balaban J connectivity index is 1.93. The van der Waals surface area contributed by atoms with Gasteiger partial charge in [-0.25, -0.2) is 13.2 Å². The van der Waals surface area contributed by atoms with Crippen molar-refractivity contribution in [1.29, 1.82) is 0 Å². The van der Waals surface area contributed by atoms with E-state index in [1.54, 1.807) is 5.38 Å². The largest absolute Gasteiger partial charge is 0.482 e. The summed E-state index contributed by atoms with van der Waals surface area (Å²) >= 11 is 1.01. The molecule has 0 saturated carbocycles. The zero-order valence-corrected chi connectivity index (χ0v) is 12.9. The highest BCUT2D eigenvalue weighted by atomic mass is 32.2. The Bertz CT molecular complexity index is 650. The maximum absolute atomic E-state index is 12.0. The van der Waals surface area contributed by atoms with E-state index in [-0.39, 0.29) is 40.7 Å². The predicted octanol–water partition coefficient (Wildman–Crippen LogP) is 0.471. The van der Waals surface area contributed by atoms with Gasteiger partial charge in [0.2, 0.25) is 0 Å². The van der Waals surface area contributed by atoms with Crippen molar-refractivity contribution in [1.82, 2.24) is 4.90 Å². The highest BCUT2D eigenvalue weighted by Crippen LogP contribution is 2.25. The van der Waals surface area contributed by atoms with Crippen molar-refractivity contribution >= 4 is 33.1 Å². The lowest BCUT2D eigenvalue weighted by Gasteiger charge is -2.23. The number of carbonyl (C=O) groups is 2. The summed E-state index contributed by atoms with van der Waals surface area (Å²) in [6.45, 7) is -0.315. The Labute approximate surface area is 126 Å². The van der Waals surface area contributed by atoms with E-state index in [1.807, 2.05) is 0 Å². The standard InChI is InChI=1S/C12H15NO6S2/c1-13(8-3-5-21(17,18)7-8)10(14)6-19-9-2-4-20-11(9)12(15)16/h2,4,8H,3,5-7H2,1H3,(H,15,16). The van der Waals surface area contributed by atoms with E-state index in [0.29, 0.717) is 6.42 Å². The molecule has 2 heterocycles. The SMILES string of the molecule is CN(C(=O)COc1ccsc1C(=O)O)C1CCS(=O)(=O)C1. The van der Waals surface area contributed by atoms with Crippen LogP contribution in [0.15, 0.2) is 11.4 Å². The number of rotatable bonds is 5. The lowest BCUT2D eigenvalue weighted by Crippen LogP contribution is -2.40. The normalized spacial score (nSPS) is 20.1. The second kappa shape index (κ2) is 6.02. The number of likely N-dealkylation sites (N-methyl/N-ethyl adjacent to an activating group) is 1. The van der Waals surface area contributed by atoms with Crippen LogP contribution in [0.3, 0.4) is 0 Å². The number of ether oxygens (including phenoxy) is 1. The van der Waals surface area contributed by atoms with Crippen molar-refractivity contribution in [2.45, 2.75) is 12.5 Å². The predicted molar refractivity (Wildman–Crippen MR) is 76.6 cm³/mol. The fourth-order valence-electron chi connectivity index (χ4n) is 2.09. The maximum Gasteiger partial charge on any atom is 0.349 e. The monoisotopic (exact) mass is 333 g/mol. The van der Waals surface area contributed by atoms with Gasteiger partial charge in [0.1, 0.15) is 5.75 Å². The van der Waals surface area contributed by atoms with Crippen LogP contribution in [0.1, 0.15) is 16.1 Å². The minimum absolute atomic E-state index is 0.0337. The molecular formula is C12H15NO6S2. The highest BCUT2D eigenvalue weighted by Gasteiger charge is 2.32. The van der Waals surface area contributed by atoms with Crippen LogP contribution in [0, 0.1) is 0 Å². The minimum Gasteiger partial charge on any atom is -0.482 e. The minimum atomic E-state index is -3.06. The van der Waals surface area contributed by atoms with E-state index in [2.05, 4.69) is 0 Å². The van der Waals surface area contributed by atoms with E-state index < -0.39 is 15.8 Å². The van der Waals surface area contributed by atoms with Gasteiger partial charge in [0.15, 0.2) is 21.3 Å². The lowest BCUT2D eigenvalue weighted by molar-refractivity contribution is -0.133. The van der Waals surface area contributed by atoms with Crippen molar-refractivity contribution in [2.24, 2.45) is 0 Å². The number of carboxylic acids is 1. The fourth-order valence-corrected chi connectivity index (χ4v) is 4.54. The molecule has 7 nitrogen and oxygen atoms in total. The molecule has 0 aromatic carbocycles. The van der Waals surface area contributed by atoms with Crippen LogP contribution in [-0.2, 0) is 14.6 Å². The molecule has 1 aliphatic heterocycles. The molecule has 0 aliphatic carbocycles. The van der Waals surface area contributed by atoms with Crippen molar-refractivity contribution in [3.05, 3.63) is 16.3 Å². The Kier molecular flexibility index (Phi) is 4.52. The molecular weight excluding hydrogens is 318 g/mol. The smallest absolute Gasteiger partial charge is 0.349 e. The molecule has 2 rings (SSSR count). The van der Waals surface area contributed by atoms with Gasteiger partial charge >= 0.3 is 5.97 Å². The van der Waals surface area contributed by atoms with Gasteiger partial charge in [0.05, 0.1) is 11.5 Å². The molecule has 1 amide bonds. The third-order valence-electron chi connectivity index (χ3n) is 3.32. The van der Waals surface area contributed by atoms with Gasteiger partial charge in [-0.2, -0.15) is 0 Å². The summed E-state index contributed by atoms with van der Waals surface area (Å²) in [5, 5.41) is 10.5. The summed E-state index contributed by atoms with van der Waals surface area (Å²) in [6, 6.07) is 1.15. The van der Waals surface area contributed by atoms with Gasteiger partial charge in [-0.1, -0.05) is 0 Å². The molecule has 21 heavy (non-hydrogen) atoms. The number of aromatic carboxylic acids is 1. The van der Waals surface area contributed by atoms with E-state index in [4.69, 9.17) is 9.84 Å². The second-order valence-electron chi connectivity index (χ2n) is 4.77. The Morgan fingerprint density at radius 1 is 1.52 bits per heavy atom. The van der Waals surface area contributed by atoms with Gasteiger partial charge in [0.25, 0.3) is 5.91 Å².